The van der Waals surface area contributed by atoms with Crippen molar-refractivity contribution in [3.05, 3.63) is 23.3 Å². The lowest BCUT2D eigenvalue weighted by molar-refractivity contribution is -0.0545. The molecule has 0 spiro atoms. The fourth-order valence-corrected chi connectivity index (χ4v) is 8.08. The molecule has 3 N–H and O–H groups in total. The summed E-state index contributed by atoms with van der Waals surface area (Å²) in [5, 5.41) is 31.3. The number of hydrogen-bond acceptors (Lipinski definition) is 3. The summed E-state index contributed by atoms with van der Waals surface area (Å²) < 4.78 is 0. The first kappa shape index (κ1) is 22.6. The minimum atomic E-state index is -0.555. The number of allylic oxidation sites excluding steroid dienone is 3. The minimum absolute atomic E-state index is 0.193. The fraction of sp³-hybridized carbons (Fsp3) is 0.852. The highest BCUT2D eigenvalue weighted by molar-refractivity contribution is 5.40. The quantitative estimate of drug-likeness (QED) is 0.563. The van der Waals surface area contributed by atoms with Crippen LogP contribution in [0.2, 0.25) is 0 Å². The molecule has 0 bridgehead atoms. The summed E-state index contributed by atoms with van der Waals surface area (Å²) in [5.74, 6) is 2.51. The van der Waals surface area contributed by atoms with Crippen LogP contribution >= 0.6 is 0 Å². The van der Waals surface area contributed by atoms with E-state index in [0.717, 1.165) is 31.6 Å². The molecule has 4 unspecified atom stereocenters. The molecule has 0 radical (unpaired) electrons. The number of aliphatic hydroxyl groups is 3. The second kappa shape index (κ2) is 7.74. The Morgan fingerprint density at radius 3 is 2.53 bits per heavy atom. The topological polar surface area (TPSA) is 60.7 Å². The standard InChI is InChI=1S/C27H44O3/c1-17(7-6-13-25(2,3)30)21-10-11-22-20-9-8-18-15-19(28)16-24(29)27(18,5)23(20)12-14-26(21,22)4/h8-9,17,19,21-24,28-30H,6-7,10-16H2,1-5H3/t17?,19-,21-,22?,23?,24?,26-,27+/m1/s1. The third kappa shape index (κ3) is 3.63. The van der Waals surface area contributed by atoms with Gasteiger partial charge < -0.3 is 15.3 Å². The maximum absolute atomic E-state index is 11.0. The molecule has 170 valence electrons. The molecule has 0 saturated heterocycles. The lowest BCUT2D eigenvalue weighted by Crippen LogP contribution is -2.52. The van der Waals surface area contributed by atoms with E-state index >= 15 is 0 Å². The summed E-state index contributed by atoms with van der Waals surface area (Å²) >= 11 is 0. The van der Waals surface area contributed by atoms with Crippen LogP contribution < -0.4 is 0 Å². The normalized spacial score (nSPS) is 44.5. The maximum Gasteiger partial charge on any atom is 0.0661 e. The molecule has 0 aromatic rings. The first-order chi connectivity index (χ1) is 14.0. The Morgan fingerprint density at radius 1 is 1.10 bits per heavy atom. The van der Waals surface area contributed by atoms with E-state index in [1.54, 1.807) is 5.57 Å². The van der Waals surface area contributed by atoms with Gasteiger partial charge >= 0.3 is 0 Å². The molecule has 0 aromatic carbocycles. The molecule has 4 aliphatic carbocycles. The average Bonchev–Trinajstić information content (AvgIpc) is 2.99. The number of aliphatic hydroxyl groups excluding tert-OH is 2. The lowest BCUT2D eigenvalue weighted by atomic mass is 9.49. The average molecular weight is 417 g/mol. The second-order valence-corrected chi connectivity index (χ2v) is 12.3. The third-order valence-corrected chi connectivity index (χ3v) is 9.86. The summed E-state index contributed by atoms with van der Waals surface area (Å²) in [7, 11) is 0. The van der Waals surface area contributed by atoms with Crippen LogP contribution in [-0.4, -0.2) is 33.1 Å². The van der Waals surface area contributed by atoms with Gasteiger partial charge in [0, 0.05) is 11.8 Å². The zero-order valence-electron chi connectivity index (χ0n) is 19.8. The van der Waals surface area contributed by atoms with Gasteiger partial charge in [0.25, 0.3) is 0 Å². The van der Waals surface area contributed by atoms with Gasteiger partial charge in [-0.15, -0.1) is 0 Å². The number of hydrogen-bond donors (Lipinski definition) is 3. The van der Waals surface area contributed by atoms with E-state index in [9.17, 15) is 15.3 Å². The van der Waals surface area contributed by atoms with E-state index in [1.165, 1.54) is 31.3 Å². The van der Waals surface area contributed by atoms with Crippen LogP contribution in [0.3, 0.4) is 0 Å². The van der Waals surface area contributed by atoms with Crippen molar-refractivity contribution in [3.63, 3.8) is 0 Å². The van der Waals surface area contributed by atoms with Crippen LogP contribution in [0.4, 0.5) is 0 Å². The zero-order chi connectivity index (χ0) is 21.9. The van der Waals surface area contributed by atoms with E-state index in [-0.39, 0.29) is 5.41 Å². The summed E-state index contributed by atoms with van der Waals surface area (Å²) in [6.45, 7) is 11.1. The Labute approximate surface area is 183 Å². The van der Waals surface area contributed by atoms with Gasteiger partial charge in [-0.2, -0.15) is 0 Å². The highest BCUT2D eigenvalue weighted by atomic mass is 16.3. The van der Waals surface area contributed by atoms with Crippen molar-refractivity contribution in [1.82, 2.24) is 0 Å². The molecule has 3 nitrogen and oxygen atoms in total. The molecule has 4 aliphatic rings. The number of fused-ring (bicyclic) bond motifs is 5. The molecule has 0 aliphatic heterocycles. The van der Waals surface area contributed by atoms with Crippen molar-refractivity contribution >= 4 is 0 Å². The molecule has 4 rings (SSSR count). The lowest BCUT2D eigenvalue weighted by Gasteiger charge is -2.56. The van der Waals surface area contributed by atoms with E-state index in [0.29, 0.717) is 29.6 Å². The zero-order valence-corrected chi connectivity index (χ0v) is 19.8. The van der Waals surface area contributed by atoms with Gasteiger partial charge in [-0.25, -0.2) is 0 Å². The monoisotopic (exact) mass is 416 g/mol. The van der Waals surface area contributed by atoms with E-state index in [2.05, 4.69) is 32.9 Å². The Kier molecular flexibility index (Phi) is 5.82. The Hall–Kier alpha value is -0.640. The van der Waals surface area contributed by atoms with Crippen molar-refractivity contribution in [3.8, 4) is 0 Å². The maximum atomic E-state index is 11.0. The molecule has 3 fully saturated rings. The Bertz CT molecular complexity index is 716. The Balaban J connectivity index is 1.53. The van der Waals surface area contributed by atoms with Crippen molar-refractivity contribution in [1.29, 1.82) is 0 Å². The molecule has 0 aromatic heterocycles. The van der Waals surface area contributed by atoms with Gasteiger partial charge in [0.2, 0.25) is 0 Å². The first-order valence-corrected chi connectivity index (χ1v) is 12.5. The van der Waals surface area contributed by atoms with Crippen LogP contribution in [0.5, 0.6) is 0 Å². The summed E-state index contributed by atoms with van der Waals surface area (Å²) in [6.07, 6.45) is 13.2. The van der Waals surface area contributed by atoms with E-state index < -0.39 is 17.8 Å². The van der Waals surface area contributed by atoms with Gasteiger partial charge in [0.15, 0.2) is 0 Å². The highest BCUT2D eigenvalue weighted by Gasteiger charge is 2.58. The summed E-state index contributed by atoms with van der Waals surface area (Å²) in [4.78, 5) is 0. The van der Waals surface area contributed by atoms with Crippen LogP contribution in [0.25, 0.3) is 0 Å². The van der Waals surface area contributed by atoms with Crippen LogP contribution in [0, 0.1) is 34.5 Å². The Morgan fingerprint density at radius 2 is 1.83 bits per heavy atom. The minimum Gasteiger partial charge on any atom is -0.393 e. The van der Waals surface area contributed by atoms with Crippen LogP contribution in [-0.2, 0) is 0 Å². The molecule has 0 heterocycles. The van der Waals surface area contributed by atoms with Crippen molar-refractivity contribution in [2.75, 3.05) is 0 Å². The molecule has 0 amide bonds. The molecular weight excluding hydrogens is 372 g/mol. The van der Waals surface area contributed by atoms with Crippen molar-refractivity contribution in [2.24, 2.45) is 34.5 Å². The highest BCUT2D eigenvalue weighted by Crippen LogP contribution is 2.66. The smallest absolute Gasteiger partial charge is 0.0661 e. The van der Waals surface area contributed by atoms with Crippen LogP contribution in [0.1, 0.15) is 92.4 Å². The van der Waals surface area contributed by atoms with Gasteiger partial charge in [-0.1, -0.05) is 56.9 Å². The molecule has 8 atom stereocenters. The van der Waals surface area contributed by atoms with Gasteiger partial charge in [0.1, 0.15) is 0 Å². The summed E-state index contributed by atoms with van der Waals surface area (Å²) in [5.41, 5.74) is 2.47. The SMILES string of the molecule is CC(CCCC(C)(C)O)[C@H]1CCC2C3=CC=C4C[C@@H](O)CC(O)[C@]4(C)C3CC[C@@]21C. The molecular formula is C27H44O3. The largest absolute Gasteiger partial charge is 0.393 e. The predicted molar refractivity (Wildman–Crippen MR) is 122 cm³/mol. The van der Waals surface area contributed by atoms with Crippen LogP contribution in [0.15, 0.2) is 23.3 Å². The van der Waals surface area contributed by atoms with Crippen molar-refractivity contribution in [2.45, 2.75) is 110 Å². The molecule has 3 saturated carbocycles. The van der Waals surface area contributed by atoms with E-state index in [4.69, 9.17) is 0 Å². The molecule has 3 heteroatoms. The second-order valence-electron chi connectivity index (χ2n) is 12.3. The predicted octanol–water partition coefficient (Wildman–Crippen LogP) is 5.39. The van der Waals surface area contributed by atoms with Gasteiger partial charge in [-0.05, 0) is 81.5 Å². The van der Waals surface area contributed by atoms with Gasteiger partial charge in [-0.3, -0.25) is 0 Å². The fourth-order valence-electron chi connectivity index (χ4n) is 8.08. The van der Waals surface area contributed by atoms with E-state index in [1.807, 2.05) is 13.8 Å². The first-order valence-electron chi connectivity index (χ1n) is 12.5. The molecule has 30 heavy (non-hydrogen) atoms. The summed E-state index contributed by atoms with van der Waals surface area (Å²) in [6, 6.07) is 0. The third-order valence-electron chi connectivity index (χ3n) is 9.86. The van der Waals surface area contributed by atoms with Gasteiger partial charge in [0.05, 0.1) is 17.8 Å². The number of rotatable bonds is 5. The van der Waals surface area contributed by atoms with Crippen molar-refractivity contribution < 1.29 is 15.3 Å².